The lowest BCUT2D eigenvalue weighted by molar-refractivity contribution is -0.296. The van der Waals surface area contributed by atoms with E-state index in [1.54, 1.807) is 0 Å². The minimum atomic E-state index is -1.41. The molecule has 1 fully saturated rings. The van der Waals surface area contributed by atoms with Gasteiger partial charge >= 0.3 is 29.8 Å². The average molecular weight is 418 g/mol. The molecule has 0 bridgehead atoms. The Kier molecular flexibility index (Phi) is 9.53. The Morgan fingerprint density at radius 2 is 1.21 bits per heavy atom. The summed E-state index contributed by atoms with van der Waals surface area (Å²) in [5.74, 6) is -3.36. The molecule has 1 heterocycles. The maximum Gasteiger partial charge on any atom is 0.305 e. The van der Waals surface area contributed by atoms with E-state index in [-0.39, 0.29) is 19.3 Å². The van der Waals surface area contributed by atoms with Crippen molar-refractivity contribution in [3.63, 3.8) is 0 Å². The van der Waals surface area contributed by atoms with Crippen LogP contribution < -0.4 is 0 Å². The molecule has 11 heteroatoms. The third-order valence-corrected chi connectivity index (χ3v) is 3.88. The monoisotopic (exact) mass is 418 g/mol. The zero-order chi connectivity index (χ0) is 22.1. The molecule has 164 valence electrons. The van der Waals surface area contributed by atoms with Gasteiger partial charge in [-0.2, -0.15) is 0 Å². The summed E-state index contributed by atoms with van der Waals surface area (Å²) in [6.07, 6.45) is -5.61. The van der Waals surface area contributed by atoms with E-state index >= 15 is 0 Å². The first-order valence-electron chi connectivity index (χ1n) is 8.96. The second kappa shape index (κ2) is 11.3. The summed E-state index contributed by atoms with van der Waals surface area (Å²) in [5.41, 5.74) is 0. The van der Waals surface area contributed by atoms with Crippen molar-refractivity contribution in [2.45, 2.75) is 77.7 Å². The van der Waals surface area contributed by atoms with Crippen LogP contribution >= 0.6 is 0 Å². The van der Waals surface area contributed by atoms with Gasteiger partial charge in [0.05, 0.1) is 7.11 Å². The highest BCUT2D eigenvalue weighted by Gasteiger charge is 2.52. The first-order valence-corrected chi connectivity index (χ1v) is 8.96. The molecule has 5 atom stereocenters. The Morgan fingerprint density at radius 3 is 1.69 bits per heavy atom. The van der Waals surface area contributed by atoms with Crippen LogP contribution in [-0.2, 0) is 52.4 Å². The van der Waals surface area contributed by atoms with Gasteiger partial charge in [0.1, 0.15) is 6.10 Å². The Labute approximate surface area is 167 Å². The van der Waals surface area contributed by atoms with Crippen molar-refractivity contribution in [3.05, 3.63) is 0 Å². The maximum atomic E-state index is 11.6. The van der Waals surface area contributed by atoms with Crippen LogP contribution in [0.2, 0.25) is 0 Å². The van der Waals surface area contributed by atoms with E-state index in [2.05, 4.69) is 4.74 Å². The van der Waals surface area contributed by atoms with Gasteiger partial charge < -0.3 is 28.4 Å². The second-order valence-electron chi connectivity index (χ2n) is 6.34. The molecule has 1 aliphatic rings. The normalized spacial score (nSPS) is 26.0. The number of ether oxygens (including phenoxy) is 6. The van der Waals surface area contributed by atoms with Crippen LogP contribution in [0.25, 0.3) is 0 Å². The van der Waals surface area contributed by atoms with Gasteiger partial charge in [-0.3, -0.25) is 24.0 Å². The maximum absolute atomic E-state index is 11.6. The Bertz CT molecular complexity index is 629. The van der Waals surface area contributed by atoms with Crippen molar-refractivity contribution in [1.82, 2.24) is 0 Å². The lowest BCUT2D eigenvalue weighted by Gasteiger charge is -2.43. The van der Waals surface area contributed by atoms with Crippen LogP contribution in [-0.4, -0.2) is 67.7 Å². The first-order chi connectivity index (χ1) is 13.5. The summed E-state index contributed by atoms with van der Waals surface area (Å²) in [6.45, 7) is 4.51. The molecule has 0 aromatic rings. The standard InChI is InChI=1S/C18H26O11/c1-9(19)25-15-13(7-6-8-14(23)24-5)29-18(28-12(4)22)17(27-11(3)21)16(15)26-10(2)20/h13,15-18H,6-8H2,1-5H3/t13-,15-,16+,17-,18+/m1/s1. The van der Waals surface area contributed by atoms with Crippen molar-refractivity contribution < 1.29 is 52.4 Å². The number of carbonyl (C=O) groups excluding carboxylic acids is 5. The van der Waals surface area contributed by atoms with Crippen LogP contribution in [0.15, 0.2) is 0 Å². The van der Waals surface area contributed by atoms with E-state index < -0.39 is 60.6 Å². The highest BCUT2D eigenvalue weighted by molar-refractivity contribution is 5.69. The van der Waals surface area contributed by atoms with E-state index in [1.807, 2.05) is 0 Å². The van der Waals surface area contributed by atoms with Crippen molar-refractivity contribution in [1.29, 1.82) is 0 Å². The van der Waals surface area contributed by atoms with E-state index in [0.717, 1.165) is 27.7 Å². The minimum absolute atomic E-state index is 0.0625. The van der Waals surface area contributed by atoms with Crippen LogP contribution in [0.3, 0.4) is 0 Å². The molecule has 29 heavy (non-hydrogen) atoms. The number of rotatable bonds is 8. The molecule has 1 rings (SSSR count). The predicted octanol–water partition coefficient (Wildman–Crippen LogP) is 0.413. The molecule has 1 aliphatic heterocycles. The number of methoxy groups -OCH3 is 1. The van der Waals surface area contributed by atoms with Crippen LogP contribution in [0.4, 0.5) is 0 Å². The fraction of sp³-hybridized carbons (Fsp3) is 0.722. The van der Waals surface area contributed by atoms with E-state index in [0.29, 0.717) is 0 Å². The molecule has 1 saturated heterocycles. The largest absolute Gasteiger partial charge is 0.469 e. The SMILES string of the molecule is COC(=O)CCC[C@H]1O[C@H](OC(C)=O)[C@H](OC(C)=O)[C@@H](OC(C)=O)[C@@H]1OC(C)=O. The number of hydrogen-bond donors (Lipinski definition) is 0. The summed E-state index contributed by atoms with van der Waals surface area (Å²) in [5, 5.41) is 0. The average Bonchev–Trinajstić information content (AvgIpc) is 2.59. The van der Waals surface area contributed by atoms with E-state index in [9.17, 15) is 24.0 Å². The molecule has 0 amide bonds. The lowest BCUT2D eigenvalue weighted by Crippen LogP contribution is -2.62. The molecule has 0 aromatic carbocycles. The summed E-state index contributed by atoms with van der Waals surface area (Å²) < 4.78 is 31.1. The highest BCUT2D eigenvalue weighted by Crippen LogP contribution is 2.31. The fourth-order valence-corrected chi connectivity index (χ4v) is 2.90. The first kappa shape index (κ1) is 24.3. The molecular formula is C18H26O11. The van der Waals surface area contributed by atoms with Gasteiger partial charge in [-0.1, -0.05) is 0 Å². The quantitative estimate of drug-likeness (QED) is 0.400. The van der Waals surface area contributed by atoms with Gasteiger partial charge in [0.25, 0.3) is 0 Å². The van der Waals surface area contributed by atoms with Gasteiger partial charge in [0.15, 0.2) is 12.2 Å². The second-order valence-corrected chi connectivity index (χ2v) is 6.34. The summed E-state index contributed by atoms with van der Waals surface area (Å²) in [4.78, 5) is 57.7. The number of carbonyl (C=O) groups is 5. The smallest absolute Gasteiger partial charge is 0.305 e. The zero-order valence-electron chi connectivity index (χ0n) is 17.0. The van der Waals surface area contributed by atoms with Crippen LogP contribution in [0.5, 0.6) is 0 Å². The molecule has 0 spiro atoms. The van der Waals surface area contributed by atoms with Crippen LogP contribution in [0, 0.1) is 0 Å². The Hall–Kier alpha value is -2.69. The summed E-state index contributed by atoms with van der Waals surface area (Å²) in [7, 11) is 1.25. The Morgan fingerprint density at radius 1 is 0.724 bits per heavy atom. The minimum Gasteiger partial charge on any atom is -0.469 e. The highest BCUT2D eigenvalue weighted by atomic mass is 16.7. The molecule has 0 N–H and O–H groups in total. The van der Waals surface area contributed by atoms with Crippen molar-refractivity contribution in [3.8, 4) is 0 Å². The summed E-state index contributed by atoms with van der Waals surface area (Å²) in [6, 6.07) is 0. The van der Waals surface area contributed by atoms with Crippen molar-refractivity contribution in [2.75, 3.05) is 7.11 Å². The third kappa shape index (κ3) is 8.06. The summed E-state index contributed by atoms with van der Waals surface area (Å²) >= 11 is 0. The third-order valence-electron chi connectivity index (χ3n) is 3.88. The molecule has 0 saturated carbocycles. The van der Waals surface area contributed by atoms with Gasteiger partial charge in [-0.25, -0.2) is 0 Å². The van der Waals surface area contributed by atoms with Gasteiger partial charge in [0, 0.05) is 34.1 Å². The van der Waals surface area contributed by atoms with Gasteiger partial charge in [-0.15, -0.1) is 0 Å². The molecule has 0 aliphatic carbocycles. The van der Waals surface area contributed by atoms with Crippen LogP contribution in [0.1, 0.15) is 47.0 Å². The predicted molar refractivity (Wildman–Crippen MR) is 93.0 cm³/mol. The van der Waals surface area contributed by atoms with Gasteiger partial charge in [0.2, 0.25) is 12.4 Å². The number of esters is 5. The van der Waals surface area contributed by atoms with Gasteiger partial charge in [-0.05, 0) is 12.8 Å². The zero-order valence-corrected chi connectivity index (χ0v) is 17.0. The molecule has 0 aromatic heterocycles. The molecule has 11 nitrogen and oxygen atoms in total. The molecule has 0 unspecified atom stereocenters. The fourth-order valence-electron chi connectivity index (χ4n) is 2.90. The Balaban J connectivity index is 3.21. The van der Waals surface area contributed by atoms with Crippen molar-refractivity contribution >= 4 is 29.8 Å². The van der Waals surface area contributed by atoms with E-state index in [1.165, 1.54) is 7.11 Å². The van der Waals surface area contributed by atoms with Crippen molar-refractivity contribution in [2.24, 2.45) is 0 Å². The van der Waals surface area contributed by atoms with E-state index in [4.69, 9.17) is 23.7 Å². The number of hydrogen-bond acceptors (Lipinski definition) is 11. The molecular weight excluding hydrogens is 392 g/mol. The lowest BCUT2D eigenvalue weighted by atomic mass is 9.94. The molecule has 0 radical (unpaired) electrons. The topological polar surface area (TPSA) is 141 Å².